The van der Waals surface area contributed by atoms with Crippen molar-refractivity contribution in [3.05, 3.63) is 65.2 Å². The molecule has 4 rings (SSSR count). The molecule has 0 bridgehead atoms. The van der Waals surface area contributed by atoms with Crippen LogP contribution in [0.3, 0.4) is 0 Å². The number of alkyl halides is 3. The second-order valence-electron chi connectivity index (χ2n) is 8.42. The Balaban J connectivity index is 1.35. The molecule has 1 fully saturated rings. The average Bonchev–Trinajstić information content (AvgIpc) is 2.78. The lowest BCUT2D eigenvalue weighted by Gasteiger charge is -2.32. The molecular formula is C23H25F3N2O3S. The van der Waals surface area contributed by atoms with Gasteiger partial charge in [0.05, 0.1) is 10.5 Å². The number of halogens is 3. The van der Waals surface area contributed by atoms with Crippen molar-refractivity contribution in [3.63, 3.8) is 0 Å². The largest absolute Gasteiger partial charge is 0.416 e. The summed E-state index contributed by atoms with van der Waals surface area (Å²) >= 11 is 0. The number of carbonyl (C=O) groups is 1. The Morgan fingerprint density at radius 1 is 0.969 bits per heavy atom. The predicted octanol–water partition coefficient (Wildman–Crippen LogP) is 3.78. The van der Waals surface area contributed by atoms with Crippen molar-refractivity contribution < 1.29 is 26.4 Å². The molecule has 9 heteroatoms. The maximum absolute atomic E-state index is 13.0. The summed E-state index contributed by atoms with van der Waals surface area (Å²) in [4.78, 5) is 12.4. The lowest BCUT2D eigenvalue weighted by Crippen LogP contribution is -2.46. The molecule has 0 aromatic heterocycles. The van der Waals surface area contributed by atoms with Gasteiger partial charge in [0.1, 0.15) is 0 Å². The first-order valence-electron chi connectivity index (χ1n) is 10.7. The fourth-order valence-corrected chi connectivity index (χ4v) is 6.00. The van der Waals surface area contributed by atoms with Crippen LogP contribution in [0, 0.1) is 5.92 Å². The number of nitrogens with zero attached hydrogens (tertiary/aromatic N) is 1. The summed E-state index contributed by atoms with van der Waals surface area (Å²) in [6.07, 6.45) is -1.37. The highest BCUT2D eigenvalue weighted by Crippen LogP contribution is 2.32. The van der Waals surface area contributed by atoms with E-state index in [-0.39, 0.29) is 35.9 Å². The van der Waals surface area contributed by atoms with Gasteiger partial charge in [-0.2, -0.15) is 17.5 Å². The van der Waals surface area contributed by atoms with E-state index in [2.05, 4.69) is 17.4 Å². The maximum atomic E-state index is 13.0. The molecule has 1 atom stereocenters. The number of carbonyl (C=O) groups excluding carboxylic acids is 1. The molecule has 1 aliphatic heterocycles. The van der Waals surface area contributed by atoms with Crippen LogP contribution >= 0.6 is 0 Å². The summed E-state index contributed by atoms with van der Waals surface area (Å²) in [5, 5.41) is 3.11. The van der Waals surface area contributed by atoms with E-state index in [4.69, 9.17) is 0 Å². The van der Waals surface area contributed by atoms with Gasteiger partial charge in [-0.3, -0.25) is 4.79 Å². The smallest absolute Gasteiger partial charge is 0.353 e. The SMILES string of the molecule is O=C(NC1CCc2ccccc2C1)C1CCN(S(=O)(=O)c2cccc(C(F)(F)F)c2)CC1. The van der Waals surface area contributed by atoms with Crippen LogP contribution in [0.1, 0.15) is 36.0 Å². The van der Waals surface area contributed by atoms with E-state index >= 15 is 0 Å². The number of aryl methyl sites for hydroxylation is 1. The van der Waals surface area contributed by atoms with Gasteiger partial charge >= 0.3 is 6.18 Å². The Kier molecular flexibility index (Phi) is 6.31. The van der Waals surface area contributed by atoms with Crippen LogP contribution in [-0.4, -0.2) is 37.8 Å². The normalized spacial score (nSPS) is 20.5. The van der Waals surface area contributed by atoms with Gasteiger partial charge in [0.2, 0.25) is 15.9 Å². The van der Waals surface area contributed by atoms with Gasteiger partial charge < -0.3 is 5.32 Å². The number of fused-ring (bicyclic) bond motifs is 1. The Labute approximate surface area is 185 Å². The number of piperidine rings is 1. The molecule has 172 valence electrons. The number of nitrogens with one attached hydrogen (secondary N) is 1. The Hall–Kier alpha value is -2.39. The van der Waals surface area contributed by atoms with Crippen molar-refractivity contribution in [1.29, 1.82) is 0 Å². The quantitative estimate of drug-likeness (QED) is 0.746. The van der Waals surface area contributed by atoms with E-state index < -0.39 is 21.8 Å². The zero-order valence-electron chi connectivity index (χ0n) is 17.4. The van der Waals surface area contributed by atoms with Crippen LogP contribution in [0.15, 0.2) is 53.4 Å². The molecule has 1 N–H and O–H groups in total. The Morgan fingerprint density at radius 3 is 2.34 bits per heavy atom. The number of sulfonamides is 1. The fraction of sp³-hybridized carbons (Fsp3) is 0.435. The van der Waals surface area contributed by atoms with Crippen LogP contribution in [0.4, 0.5) is 13.2 Å². The van der Waals surface area contributed by atoms with Gasteiger partial charge in [-0.1, -0.05) is 30.3 Å². The van der Waals surface area contributed by atoms with Crippen molar-refractivity contribution in [3.8, 4) is 0 Å². The van der Waals surface area contributed by atoms with Crippen molar-refractivity contribution in [2.45, 2.75) is 49.2 Å². The zero-order chi connectivity index (χ0) is 22.9. The molecule has 1 saturated heterocycles. The predicted molar refractivity (Wildman–Crippen MR) is 113 cm³/mol. The number of rotatable bonds is 4. The molecule has 32 heavy (non-hydrogen) atoms. The minimum Gasteiger partial charge on any atom is -0.353 e. The molecule has 0 radical (unpaired) electrons. The van der Waals surface area contributed by atoms with E-state index in [1.165, 1.54) is 21.5 Å². The highest BCUT2D eigenvalue weighted by molar-refractivity contribution is 7.89. The zero-order valence-corrected chi connectivity index (χ0v) is 18.3. The third kappa shape index (κ3) is 4.83. The summed E-state index contributed by atoms with van der Waals surface area (Å²) in [7, 11) is -4.05. The van der Waals surface area contributed by atoms with Gasteiger partial charge in [-0.15, -0.1) is 0 Å². The third-order valence-corrected chi connectivity index (χ3v) is 8.21. The highest BCUT2D eigenvalue weighted by atomic mass is 32.2. The number of hydrogen-bond acceptors (Lipinski definition) is 3. The summed E-state index contributed by atoms with van der Waals surface area (Å²) in [5.74, 6) is -0.384. The Bertz CT molecular complexity index is 1090. The minimum atomic E-state index is -4.61. The lowest BCUT2D eigenvalue weighted by molar-refractivity contribution is -0.137. The highest BCUT2D eigenvalue weighted by Gasteiger charge is 2.35. The summed E-state index contributed by atoms with van der Waals surface area (Å²) in [5.41, 5.74) is 1.55. The average molecular weight is 467 g/mol. The van der Waals surface area contributed by atoms with Crippen molar-refractivity contribution >= 4 is 15.9 Å². The topological polar surface area (TPSA) is 66.5 Å². The number of benzene rings is 2. The van der Waals surface area contributed by atoms with Gasteiger partial charge in [-0.05, 0) is 61.4 Å². The van der Waals surface area contributed by atoms with Crippen LogP contribution < -0.4 is 5.32 Å². The molecule has 2 aliphatic rings. The summed E-state index contributed by atoms with van der Waals surface area (Å²) in [6.45, 7) is 0.203. The van der Waals surface area contributed by atoms with Crippen LogP contribution in [0.25, 0.3) is 0 Å². The molecule has 5 nitrogen and oxygen atoms in total. The van der Waals surface area contributed by atoms with E-state index in [1.54, 1.807) is 0 Å². The molecule has 1 amide bonds. The van der Waals surface area contributed by atoms with Crippen molar-refractivity contribution in [1.82, 2.24) is 9.62 Å². The molecule has 0 saturated carbocycles. The first-order chi connectivity index (χ1) is 15.1. The van der Waals surface area contributed by atoms with Crippen LogP contribution in [0.5, 0.6) is 0 Å². The van der Waals surface area contributed by atoms with E-state index in [9.17, 15) is 26.4 Å². The standard InChI is InChI=1S/C23H25F3N2O3S/c24-23(25,26)19-6-3-7-21(15-19)32(30,31)28-12-10-17(11-13-28)22(29)27-20-9-8-16-4-1-2-5-18(16)14-20/h1-7,15,17,20H,8-14H2,(H,27,29). The second kappa shape index (κ2) is 8.86. The molecular weight excluding hydrogens is 441 g/mol. The molecule has 1 aliphatic carbocycles. The van der Waals surface area contributed by atoms with Crippen molar-refractivity contribution in [2.24, 2.45) is 5.92 Å². The monoisotopic (exact) mass is 466 g/mol. The minimum absolute atomic E-state index is 0.0595. The van der Waals surface area contributed by atoms with Crippen LogP contribution in [-0.2, 0) is 33.8 Å². The first-order valence-corrected chi connectivity index (χ1v) is 12.1. The summed E-state index contributed by atoms with van der Waals surface area (Å²) < 4.78 is 65.7. The molecule has 1 unspecified atom stereocenters. The number of hydrogen-bond donors (Lipinski definition) is 1. The van der Waals surface area contributed by atoms with Crippen LogP contribution in [0.2, 0.25) is 0 Å². The maximum Gasteiger partial charge on any atom is 0.416 e. The molecule has 2 aromatic carbocycles. The van der Waals surface area contributed by atoms with Gasteiger partial charge in [0.15, 0.2) is 0 Å². The van der Waals surface area contributed by atoms with E-state index in [0.717, 1.165) is 31.4 Å². The van der Waals surface area contributed by atoms with Gasteiger partial charge in [0, 0.05) is 25.0 Å². The van der Waals surface area contributed by atoms with E-state index in [0.29, 0.717) is 18.9 Å². The fourth-order valence-electron chi connectivity index (χ4n) is 4.48. The molecule has 2 aromatic rings. The van der Waals surface area contributed by atoms with Crippen molar-refractivity contribution in [2.75, 3.05) is 13.1 Å². The third-order valence-electron chi connectivity index (χ3n) is 6.32. The summed E-state index contributed by atoms with van der Waals surface area (Å²) in [6, 6.07) is 12.0. The lowest BCUT2D eigenvalue weighted by atomic mass is 9.87. The second-order valence-corrected chi connectivity index (χ2v) is 10.4. The molecule has 1 heterocycles. The molecule has 0 spiro atoms. The van der Waals surface area contributed by atoms with E-state index in [1.807, 2.05) is 12.1 Å². The number of amides is 1. The Morgan fingerprint density at radius 2 is 1.66 bits per heavy atom. The van der Waals surface area contributed by atoms with Gasteiger partial charge in [0.25, 0.3) is 0 Å². The first kappa shape index (κ1) is 22.8. The van der Waals surface area contributed by atoms with Gasteiger partial charge in [-0.25, -0.2) is 8.42 Å².